The van der Waals surface area contributed by atoms with Crippen LogP contribution in [0.5, 0.6) is 5.75 Å². The molecule has 0 aliphatic rings. The van der Waals surface area contributed by atoms with E-state index in [0.717, 1.165) is 5.75 Å². The lowest BCUT2D eigenvalue weighted by atomic mass is 10.3. The van der Waals surface area contributed by atoms with Crippen molar-refractivity contribution in [1.29, 1.82) is 0 Å². The number of rotatable bonds is 5. The highest BCUT2D eigenvalue weighted by molar-refractivity contribution is 5.21. The summed E-state index contributed by atoms with van der Waals surface area (Å²) < 4.78 is 5.68. The van der Waals surface area contributed by atoms with Crippen molar-refractivity contribution in [3.05, 3.63) is 30.3 Å². The Morgan fingerprint density at radius 1 is 1.29 bits per heavy atom. The monoisotopic (exact) mass is 195 g/mol. The molecule has 0 aliphatic carbocycles. The van der Waals surface area contributed by atoms with Crippen molar-refractivity contribution < 1.29 is 9.84 Å². The molecule has 3 heteroatoms. The number of aliphatic hydroxyl groups is 1. The Morgan fingerprint density at radius 2 is 1.93 bits per heavy atom. The summed E-state index contributed by atoms with van der Waals surface area (Å²) in [4.78, 5) is 1.95. The van der Waals surface area contributed by atoms with E-state index in [-0.39, 0.29) is 12.8 Å². The van der Waals surface area contributed by atoms with Crippen LogP contribution in [0.25, 0.3) is 0 Å². The van der Waals surface area contributed by atoms with Gasteiger partial charge < -0.3 is 9.84 Å². The molecule has 1 aromatic rings. The lowest BCUT2D eigenvalue weighted by Crippen LogP contribution is -2.34. The van der Waals surface area contributed by atoms with E-state index in [1.807, 2.05) is 49.3 Å². The van der Waals surface area contributed by atoms with E-state index in [2.05, 4.69) is 0 Å². The minimum absolute atomic E-state index is 0.0672. The molecule has 0 saturated carbocycles. The second kappa shape index (κ2) is 5.62. The lowest BCUT2D eigenvalue weighted by molar-refractivity contribution is 0.0415. The molecule has 0 bridgehead atoms. The highest BCUT2D eigenvalue weighted by Gasteiger charge is 2.11. The Bertz CT molecular complexity index is 249. The number of benzene rings is 1. The third kappa shape index (κ3) is 3.36. The summed E-state index contributed by atoms with van der Waals surface area (Å²) in [6.07, 6.45) is 0.546. The molecule has 0 radical (unpaired) electrons. The molecule has 1 N–H and O–H groups in total. The molecule has 0 saturated heterocycles. The second-order valence-electron chi connectivity index (χ2n) is 3.36. The topological polar surface area (TPSA) is 32.7 Å². The van der Waals surface area contributed by atoms with E-state index < -0.39 is 0 Å². The van der Waals surface area contributed by atoms with Crippen LogP contribution in [0, 0.1) is 0 Å². The average molecular weight is 195 g/mol. The zero-order valence-electron chi connectivity index (χ0n) is 8.68. The van der Waals surface area contributed by atoms with Crippen LogP contribution in [0.2, 0.25) is 0 Å². The Labute approximate surface area is 84.9 Å². The zero-order chi connectivity index (χ0) is 10.4. The first-order valence-corrected chi connectivity index (χ1v) is 4.73. The predicted octanol–water partition coefficient (Wildman–Crippen LogP) is 1.34. The fourth-order valence-corrected chi connectivity index (χ4v) is 1.19. The number of nitrogens with zero attached hydrogens (tertiary/aromatic N) is 1. The van der Waals surface area contributed by atoms with E-state index in [1.54, 1.807) is 0 Å². The van der Waals surface area contributed by atoms with Crippen LogP contribution in [-0.4, -0.2) is 36.9 Å². The lowest BCUT2D eigenvalue weighted by Gasteiger charge is -2.24. The van der Waals surface area contributed by atoms with Gasteiger partial charge in [-0.1, -0.05) is 18.2 Å². The van der Waals surface area contributed by atoms with Gasteiger partial charge in [-0.25, -0.2) is 0 Å². The Morgan fingerprint density at radius 3 is 2.43 bits per heavy atom. The number of hydrogen-bond acceptors (Lipinski definition) is 3. The molecule has 1 atom stereocenters. The van der Waals surface area contributed by atoms with Crippen molar-refractivity contribution in [3.63, 3.8) is 0 Å². The molecule has 1 unspecified atom stereocenters. The molecule has 0 amide bonds. The molecule has 1 rings (SSSR count). The van der Waals surface area contributed by atoms with E-state index >= 15 is 0 Å². The number of para-hydroxylation sites is 1. The average Bonchev–Trinajstić information content (AvgIpc) is 2.18. The van der Waals surface area contributed by atoms with Crippen LogP contribution >= 0.6 is 0 Å². The summed E-state index contributed by atoms with van der Waals surface area (Å²) in [7, 11) is 3.87. The molecular weight excluding hydrogens is 178 g/mol. The Hall–Kier alpha value is -1.06. The smallest absolute Gasteiger partial charge is 0.154 e. The summed E-state index contributed by atoms with van der Waals surface area (Å²) in [6.45, 7) is 0.135. The van der Waals surface area contributed by atoms with Gasteiger partial charge in [0, 0.05) is 13.0 Å². The maximum atomic E-state index is 8.86. The van der Waals surface area contributed by atoms with Crippen LogP contribution in [0.4, 0.5) is 0 Å². The number of hydrogen-bond donors (Lipinski definition) is 1. The van der Waals surface area contributed by atoms with Gasteiger partial charge in [0.05, 0.1) is 0 Å². The van der Waals surface area contributed by atoms with Crippen LogP contribution in [0.15, 0.2) is 30.3 Å². The predicted molar refractivity (Wildman–Crippen MR) is 56.2 cm³/mol. The quantitative estimate of drug-likeness (QED) is 0.720. The standard InChI is InChI=1S/C11H17NO2/c1-12(2)11(8-9-13)14-10-6-4-3-5-7-10/h3-7,11,13H,8-9H2,1-2H3. The van der Waals surface area contributed by atoms with Gasteiger partial charge in [0.1, 0.15) is 5.75 Å². The van der Waals surface area contributed by atoms with E-state index in [9.17, 15) is 0 Å². The maximum absolute atomic E-state index is 8.86. The van der Waals surface area contributed by atoms with Gasteiger partial charge in [-0.2, -0.15) is 0 Å². The number of ether oxygens (including phenoxy) is 1. The molecule has 0 heterocycles. The Balaban J connectivity index is 2.55. The van der Waals surface area contributed by atoms with Crippen LogP contribution in [0.3, 0.4) is 0 Å². The highest BCUT2D eigenvalue weighted by atomic mass is 16.5. The highest BCUT2D eigenvalue weighted by Crippen LogP contribution is 2.13. The van der Waals surface area contributed by atoms with Crippen molar-refractivity contribution >= 4 is 0 Å². The van der Waals surface area contributed by atoms with E-state index in [4.69, 9.17) is 9.84 Å². The van der Waals surface area contributed by atoms with Crippen molar-refractivity contribution in [1.82, 2.24) is 4.90 Å². The molecule has 78 valence electrons. The molecule has 0 aromatic heterocycles. The normalized spacial score (nSPS) is 12.9. The first-order valence-electron chi connectivity index (χ1n) is 4.73. The molecule has 3 nitrogen and oxygen atoms in total. The summed E-state index contributed by atoms with van der Waals surface area (Å²) >= 11 is 0. The fourth-order valence-electron chi connectivity index (χ4n) is 1.19. The fraction of sp³-hybridized carbons (Fsp3) is 0.455. The van der Waals surface area contributed by atoms with Gasteiger partial charge in [0.25, 0.3) is 0 Å². The summed E-state index contributed by atoms with van der Waals surface area (Å²) in [5.41, 5.74) is 0. The van der Waals surface area contributed by atoms with E-state index in [1.165, 1.54) is 0 Å². The third-order valence-electron chi connectivity index (χ3n) is 1.97. The van der Waals surface area contributed by atoms with Crippen LogP contribution in [-0.2, 0) is 0 Å². The third-order valence-corrected chi connectivity index (χ3v) is 1.97. The van der Waals surface area contributed by atoms with Crippen molar-refractivity contribution in [2.75, 3.05) is 20.7 Å². The van der Waals surface area contributed by atoms with E-state index in [0.29, 0.717) is 6.42 Å². The van der Waals surface area contributed by atoms with Gasteiger partial charge in [-0.05, 0) is 26.2 Å². The van der Waals surface area contributed by atoms with Crippen molar-refractivity contribution in [2.24, 2.45) is 0 Å². The zero-order valence-corrected chi connectivity index (χ0v) is 8.68. The maximum Gasteiger partial charge on any atom is 0.154 e. The minimum atomic E-state index is -0.0672. The molecule has 0 spiro atoms. The van der Waals surface area contributed by atoms with Gasteiger partial charge in [0.15, 0.2) is 6.23 Å². The summed E-state index contributed by atoms with van der Waals surface area (Å²) in [5.74, 6) is 0.833. The number of aliphatic hydroxyl groups excluding tert-OH is 1. The molecular formula is C11H17NO2. The van der Waals surface area contributed by atoms with Crippen molar-refractivity contribution in [3.8, 4) is 5.75 Å². The van der Waals surface area contributed by atoms with Gasteiger partial charge in [-0.3, -0.25) is 4.90 Å². The van der Waals surface area contributed by atoms with Crippen LogP contribution < -0.4 is 4.74 Å². The minimum Gasteiger partial charge on any atom is -0.475 e. The Kier molecular flexibility index (Phi) is 4.43. The first-order chi connectivity index (χ1) is 6.74. The van der Waals surface area contributed by atoms with Crippen molar-refractivity contribution in [2.45, 2.75) is 12.6 Å². The SMILES string of the molecule is CN(C)C(CCO)Oc1ccccc1. The van der Waals surface area contributed by atoms with Crippen LogP contribution in [0.1, 0.15) is 6.42 Å². The van der Waals surface area contributed by atoms with Gasteiger partial charge in [-0.15, -0.1) is 0 Å². The van der Waals surface area contributed by atoms with Gasteiger partial charge >= 0.3 is 0 Å². The van der Waals surface area contributed by atoms with Gasteiger partial charge in [0.2, 0.25) is 0 Å². The molecule has 0 fully saturated rings. The largest absolute Gasteiger partial charge is 0.475 e. The first kappa shape index (κ1) is 11.0. The second-order valence-corrected chi connectivity index (χ2v) is 3.36. The molecule has 1 aromatic carbocycles. The molecule has 14 heavy (non-hydrogen) atoms. The molecule has 0 aliphatic heterocycles. The summed E-state index contributed by atoms with van der Waals surface area (Å²) in [5, 5.41) is 8.86. The summed E-state index contributed by atoms with van der Waals surface area (Å²) in [6, 6.07) is 9.63.